The van der Waals surface area contributed by atoms with Crippen LogP contribution in [0.5, 0.6) is 0 Å². The van der Waals surface area contributed by atoms with Gasteiger partial charge in [-0.25, -0.2) is 4.31 Å². The van der Waals surface area contributed by atoms with Crippen molar-refractivity contribution in [2.24, 2.45) is 0 Å². The minimum absolute atomic E-state index is 1.14. The average molecular weight is 143 g/mol. The molecule has 0 amide bonds. The molecule has 0 aromatic carbocycles. The van der Waals surface area contributed by atoms with Gasteiger partial charge in [0, 0.05) is 18.8 Å². The van der Waals surface area contributed by atoms with Crippen LogP contribution in [0.25, 0.3) is 0 Å². The third-order valence-electron chi connectivity index (χ3n) is 1.33. The van der Waals surface area contributed by atoms with E-state index in [1.165, 1.54) is 18.7 Å². The standard InChI is InChI=1S/C7H13NS/c1-2-9-8-6-4-3-5-7-8/h3-4H,2,5-7H2,1H3. The van der Waals surface area contributed by atoms with Gasteiger partial charge in [0.1, 0.15) is 0 Å². The first-order chi connectivity index (χ1) is 4.43. The van der Waals surface area contributed by atoms with Crippen LogP contribution in [0.2, 0.25) is 0 Å². The van der Waals surface area contributed by atoms with Crippen molar-refractivity contribution in [1.29, 1.82) is 0 Å². The Labute approximate surface area is 61.3 Å². The topological polar surface area (TPSA) is 3.24 Å². The Hall–Kier alpha value is 0.0500. The zero-order valence-corrected chi connectivity index (χ0v) is 6.66. The summed E-state index contributed by atoms with van der Waals surface area (Å²) < 4.78 is 2.40. The van der Waals surface area contributed by atoms with Crippen LogP contribution in [0.4, 0.5) is 0 Å². The molecule has 0 aliphatic carbocycles. The predicted molar refractivity (Wildman–Crippen MR) is 43.5 cm³/mol. The van der Waals surface area contributed by atoms with E-state index in [9.17, 15) is 0 Å². The number of hydrogen-bond acceptors (Lipinski definition) is 2. The van der Waals surface area contributed by atoms with Crippen molar-refractivity contribution in [3.63, 3.8) is 0 Å². The highest BCUT2D eigenvalue weighted by Gasteiger charge is 2.03. The van der Waals surface area contributed by atoms with Gasteiger partial charge in [-0.2, -0.15) is 0 Å². The molecule has 1 aliphatic rings. The molecule has 0 atom stereocenters. The van der Waals surface area contributed by atoms with E-state index < -0.39 is 0 Å². The summed E-state index contributed by atoms with van der Waals surface area (Å²) in [4.78, 5) is 0. The SMILES string of the molecule is CCSN1CC=CCC1. The normalized spacial score (nSPS) is 20.6. The third kappa shape index (κ3) is 2.41. The Morgan fingerprint density at radius 1 is 1.56 bits per heavy atom. The molecule has 0 bridgehead atoms. The highest BCUT2D eigenvalue weighted by molar-refractivity contribution is 7.96. The largest absolute Gasteiger partial charge is 0.247 e. The van der Waals surface area contributed by atoms with Gasteiger partial charge in [0.15, 0.2) is 0 Å². The lowest BCUT2D eigenvalue weighted by Gasteiger charge is -2.20. The van der Waals surface area contributed by atoms with Gasteiger partial charge in [0.25, 0.3) is 0 Å². The molecule has 1 rings (SSSR count). The highest BCUT2D eigenvalue weighted by atomic mass is 32.2. The summed E-state index contributed by atoms with van der Waals surface area (Å²) in [5, 5.41) is 0. The van der Waals surface area contributed by atoms with Crippen LogP contribution >= 0.6 is 11.9 Å². The predicted octanol–water partition coefficient (Wildman–Crippen LogP) is 1.92. The lowest BCUT2D eigenvalue weighted by Crippen LogP contribution is -2.19. The van der Waals surface area contributed by atoms with Crippen LogP contribution in [0.1, 0.15) is 13.3 Å². The second kappa shape index (κ2) is 3.96. The van der Waals surface area contributed by atoms with Crippen LogP contribution in [0.3, 0.4) is 0 Å². The summed E-state index contributed by atoms with van der Waals surface area (Å²) in [6.45, 7) is 4.57. The molecule has 52 valence electrons. The smallest absolute Gasteiger partial charge is 0.0270 e. The van der Waals surface area contributed by atoms with E-state index in [2.05, 4.69) is 23.4 Å². The van der Waals surface area contributed by atoms with Crippen LogP contribution < -0.4 is 0 Å². The van der Waals surface area contributed by atoms with Crippen LogP contribution in [-0.4, -0.2) is 23.1 Å². The quantitative estimate of drug-likeness (QED) is 0.429. The first-order valence-corrected chi connectivity index (χ1v) is 4.40. The van der Waals surface area contributed by atoms with E-state index >= 15 is 0 Å². The van der Waals surface area contributed by atoms with Crippen molar-refractivity contribution in [3.8, 4) is 0 Å². The number of nitrogens with zero attached hydrogens (tertiary/aromatic N) is 1. The molecule has 0 unspecified atom stereocenters. The Morgan fingerprint density at radius 3 is 3.00 bits per heavy atom. The van der Waals surface area contributed by atoms with Crippen molar-refractivity contribution < 1.29 is 0 Å². The molecule has 9 heavy (non-hydrogen) atoms. The van der Waals surface area contributed by atoms with Crippen molar-refractivity contribution in [1.82, 2.24) is 4.31 Å². The van der Waals surface area contributed by atoms with Crippen molar-refractivity contribution in [3.05, 3.63) is 12.2 Å². The van der Waals surface area contributed by atoms with Crippen molar-refractivity contribution >= 4 is 11.9 Å². The Morgan fingerprint density at radius 2 is 2.44 bits per heavy atom. The Bertz CT molecular complexity index is 101. The van der Waals surface area contributed by atoms with Crippen molar-refractivity contribution in [2.45, 2.75) is 13.3 Å². The van der Waals surface area contributed by atoms with Crippen molar-refractivity contribution in [2.75, 3.05) is 18.8 Å². The zero-order valence-electron chi connectivity index (χ0n) is 5.84. The van der Waals surface area contributed by atoms with E-state index in [1.54, 1.807) is 0 Å². The minimum atomic E-state index is 1.14. The van der Waals surface area contributed by atoms with E-state index in [0.717, 1.165) is 6.54 Å². The van der Waals surface area contributed by atoms with Crippen LogP contribution in [0.15, 0.2) is 12.2 Å². The molecule has 1 aliphatic heterocycles. The average Bonchev–Trinajstić information content (AvgIpc) is 1.91. The molecule has 1 nitrogen and oxygen atoms in total. The fraction of sp³-hybridized carbons (Fsp3) is 0.714. The molecule has 0 spiro atoms. The molecule has 0 N–H and O–H groups in total. The molecular weight excluding hydrogens is 130 g/mol. The van der Waals surface area contributed by atoms with Gasteiger partial charge in [-0.15, -0.1) is 0 Å². The van der Waals surface area contributed by atoms with E-state index in [1.807, 2.05) is 11.9 Å². The fourth-order valence-corrected chi connectivity index (χ4v) is 1.71. The maximum atomic E-state index is 2.40. The molecule has 0 radical (unpaired) electrons. The minimum Gasteiger partial charge on any atom is -0.247 e. The fourth-order valence-electron chi connectivity index (χ4n) is 0.920. The van der Waals surface area contributed by atoms with E-state index in [4.69, 9.17) is 0 Å². The highest BCUT2D eigenvalue weighted by Crippen LogP contribution is 2.12. The summed E-state index contributed by atoms with van der Waals surface area (Å²) in [5.74, 6) is 1.20. The van der Waals surface area contributed by atoms with Crippen LogP contribution in [-0.2, 0) is 0 Å². The summed E-state index contributed by atoms with van der Waals surface area (Å²) in [6, 6.07) is 0. The first kappa shape index (κ1) is 7.16. The first-order valence-electron chi connectivity index (χ1n) is 3.46. The van der Waals surface area contributed by atoms with Gasteiger partial charge < -0.3 is 0 Å². The maximum absolute atomic E-state index is 2.40. The molecule has 0 aromatic heterocycles. The van der Waals surface area contributed by atoms with Gasteiger partial charge in [-0.1, -0.05) is 31.0 Å². The lowest BCUT2D eigenvalue weighted by molar-refractivity contribution is 0.510. The molecule has 2 heteroatoms. The number of rotatable bonds is 2. The zero-order chi connectivity index (χ0) is 6.53. The molecule has 1 heterocycles. The van der Waals surface area contributed by atoms with E-state index in [0.29, 0.717) is 0 Å². The molecular formula is C7H13NS. The van der Waals surface area contributed by atoms with Gasteiger partial charge in [-0.3, -0.25) is 0 Å². The second-order valence-electron chi connectivity index (χ2n) is 2.07. The lowest BCUT2D eigenvalue weighted by atomic mass is 10.3. The number of hydrogen-bond donors (Lipinski definition) is 0. The molecule has 0 aromatic rings. The summed E-state index contributed by atoms with van der Waals surface area (Å²) in [6.07, 6.45) is 5.73. The van der Waals surface area contributed by atoms with E-state index in [-0.39, 0.29) is 0 Å². The van der Waals surface area contributed by atoms with Gasteiger partial charge in [0.05, 0.1) is 0 Å². The second-order valence-corrected chi connectivity index (χ2v) is 3.42. The molecule has 0 saturated heterocycles. The van der Waals surface area contributed by atoms with Gasteiger partial charge >= 0.3 is 0 Å². The third-order valence-corrected chi connectivity index (χ3v) is 2.29. The summed E-state index contributed by atoms with van der Waals surface area (Å²) in [7, 11) is 0. The summed E-state index contributed by atoms with van der Waals surface area (Å²) in [5.41, 5.74) is 0. The Balaban J connectivity index is 2.18. The van der Waals surface area contributed by atoms with Crippen LogP contribution in [0, 0.1) is 0 Å². The Kier molecular flexibility index (Phi) is 3.15. The monoisotopic (exact) mass is 143 g/mol. The summed E-state index contributed by atoms with van der Waals surface area (Å²) >= 11 is 1.93. The van der Waals surface area contributed by atoms with Gasteiger partial charge in [-0.05, 0) is 6.42 Å². The van der Waals surface area contributed by atoms with Gasteiger partial charge in [0.2, 0.25) is 0 Å². The maximum Gasteiger partial charge on any atom is 0.0270 e. The molecule has 0 fully saturated rings. The molecule has 0 saturated carbocycles.